The lowest BCUT2D eigenvalue weighted by Gasteiger charge is -2.10. The number of anilines is 2. The highest BCUT2D eigenvalue weighted by atomic mass is 35.5. The normalized spacial score (nSPS) is 10.3. The number of hydrogen-bond donors (Lipinski definition) is 2. The molecular formula is C20H17ClFN3O2. The van der Waals surface area contributed by atoms with Gasteiger partial charge in [0.2, 0.25) is 0 Å². The van der Waals surface area contributed by atoms with Gasteiger partial charge in [0.1, 0.15) is 17.3 Å². The molecule has 27 heavy (non-hydrogen) atoms. The average molecular weight is 386 g/mol. The summed E-state index contributed by atoms with van der Waals surface area (Å²) in [4.78, 5) is 16.3. The first-order chi connectivity index (χ1) is 13.1. The van der Waals surface area contributed by atoms with Gasteiger partial charge in [-0.15, -0.1) is 0 Å². The number of ether oxygens (including phenoxy) is 1. The minimum Gasteiger partial charge on any atom is -0.495 e. The second-order valence-electron chi connectivity index (χ2n) is 5.68. The Hall–Kier alpha value is -3.12. The van der Waals surface area contributed by atoms with E-state index in [0.29, 0.717) is 22.0 Å². The Balaban J connectivity index is 1.62. The first-order valence-corrected chi connectivity index (χ1v) is 8.53. The van der Waals surface area contributed by atoms with Gasteiger partial charge < -0.3 is 15.4 Å². The minimum absolute atomic E-state index is 0.0948. The maximum Gasteiger partial charge on any atom is 0.270 e. The molecule has 0 aliphatic heterocycles. The number of carbonyl (C=O) groups is 1. The smallest absolute Gasteiger partial charge is 0.270 e. The van der Waals surface area contributed by atoms with Crippen molar-refractivity contribution >= 4 is 28.9 Å². The van der Waals surface area contributed by atoms with Gasteiger partial charge in [-0.25, -0.2) is 9.37 Å². The van der Waals surface area contributed by atoms with E-state index in [9.17, 15) is 9.18 Å². The molecule has 1 aromatic heterocycles. The van der Waals surface area contributed by atoms with Crippen molar-refractivity contribution in [2.75, 3.05) is 12.4 Å². The maximum atomic E-state index is 13.6. The summed E-state index contributed by atoms with van der Waals surface area (Å²) in [5.41, 5.74) is 2.12. The number of pyridine rings is 1. The first kappa shape index (κ1) is 18.7. The lowest BCUT2D eigenvalue weighted by atomic mass is 10.2. The summed E-state index contributed by atoms with van der Waals surface area (Å²) >= 11 is 6.10. The van der Waals surface area contributed by atoms with Crippen molar-refractivity contribution in [2.45, 2.75) is 6.54 Å². The fourth-order valence-electron chi connectivity index (χ4n) is 2.42. The molecule has 0 bridgehead atoms. The largest absolute Gasteiger partial charge is 0.495 e. The van der Waals surface area contributed by atoms with Gasteiger partial charge in [0, 0.05) is 17.8 Å². The molecule has 0 radical (unpaired) electrons. The fraction of sp³-hybridized carbons (Fsp3) is 0.100. The van der Waals surface area contributed by atoms with E-state index in [4.69, 9.17) is 16.3 Å². The van der Waals surface area contributed by atoms with E-state index < -0.39 is 0 Å². The average Bonchev–Trinajstić information content (AvgIpc) is 2.68. The molecule has 5 nitrogen and oxygen atoms in total. The maximum absolute atomic E-state index is 13.6. The van der Waals surface area contributed by atoms with E-state index in [0.717, 1.165) is 5.69 Å². The zero-order valence-electron chi connectivity index (χ0n) is 14.5. The van der Waals surface area contributed by atoms with Gasteiger partial charge in [-0.05, 0) is 36.4 Å². The number of carbonyl (C=O) groups excluding carboxylic acids is 1. The highest BCUT2D eigenvalue weighted by Crippen LogP contribution is 2.28. The van der Waals surface area contributed by atoms with E-state index in [1.165, 1.54) is 12.3 Å². The third-order valence-electron chi connectivity index (χ3n) is 3.83. The summed E-state index contributed by atoms with van der Waals surface area (Å²) in [6.45, 7) is 0.0948. The van der Waals surface area contributed by atoms with Crippen LogP contribution in [0, 0.1) is 5.82 Å². The summed E-state index contributed by atoms with van der Waals surface area (Å²) in [6, 6.07) is 14.9. The van der Waals surface area contributed by atoms with Crippen molar-refractivity contribution in [3.8, 4) is 5.75 Å². The summed E-state index contributed by atoms with van der Waals surface area (Å²) in [6.07, 6.45) is 1.54. The number of hydrogen-bond acceptors (Lipinski definition) is 4. The summed E-state index contributed by atoms with van der Waals surface area (Å²) in [7, 11) is 1.55. The molecule has 1 heterocycles. The number of nitrogens with zero attached hydrogens (tertiary/aromatic N) is 1. The van der Waals surface area contributed by atoms with Crippen molar-refractivity contribution in [1.29, 1.82) is 0 Å². The third-order valence-corrected chi connectivity index (χ3v) is 4.13. The lowest BCUT2D eigenvalue weighted by Crippen LogP contribution is -2.24. The van der Waals surface area contributed by atoms with Crippen LogP contribution >= 0.6 is 11.6 Å². The number of amides is 1. The molecule has 3 aromatic rings. The number of nitrogens with one attached hydrogen (secondary N) is 2. The van der Waals surface area contributed by atoms with Crippen LogP contribution in [0.3, 0.4) is 0 Å². The molecule has 0 unspecified atom stereocenters. The van der Waals surface area contributed by atoms with E-state index in [1.807, 2.05) is 6.07 Å². The highest BCUT2D eigenvalue weighted by molar-refractivity contribution is 6.32. The quantitative estimate of drug-likeness (QED) is 0.653. The van der Waals surface area contributed by atoms with E-state index in [2.05, 4.69) is 15.6 Å². The standard InChI is InChI=1S/C20H17ClFN3O2/c1-27-19-9-7-14(10-16(19)21)25-15-6-8-18(23-12-15)20(26)24-11-13-4-2-3-5-17(13)22/h2-10,12,25H,11H2,1H3,(H,24,26). The summed E-state index contributed by atoms with van der Waals surface area (Å²) < 4.78 is 18.7. The zero-order chi connectivity index (χ0) is 19.2. The highest BCUT2D eigenvalue weighted by Gasteiger charge is 2.09. The third kappa shape index (κ3) is 4.74. The van der Waals surface area contributed by atoms with Crippen molar-refractivity contribution in [1.82, 2.24) is 10.3 Å². The Bertz CT molecular complexity index is 948. The number of aromatic nitrogens is 1. The second kappa shape index (κ2) is 8.51. The molecule has 3 rings (SSSR count). The van der Waals surface area contributed by atoms with E-state index in [1.54, 1.807) is 49.6 Å². The summed E-state index contributed by atoms with van der Waals surface area (Å²) in [5, 5.41) is 6.28. The van der Waals surface area contributed by atoms with Crippen LogP contribution in [0.2, 0.25) is 5.02 Å². The van der Waals surface area contributed by atoms with Crippen molar-refractivity contribution in [3.05, 3.63) is 82.9 Å². The first-order valence-electron chi connectivity index (χ1n) is 8.15. The second-order valence-corrected chi connectivity index (χ2v) is 6.09. The topological polar surface area (TPSA) is 63.2 Å². The molecule has 0 saturated carbocycles. The van der Waals surface area contributed by atoms with Gasteiger partial charge in [-0.1, -0.05) is 29.8 Å². The van der Waals surface area contributed by atoms with Gasteiger partial charge in [-0.3, -0.25) is 4.79 Å². The van der Waals surface area contributed by atoms with Crippen LogP contribution in [0.1, 0.15) is 16.1 Å². The van der Waals surface area contributed by atoms with Crippen LogP contribution in [-0.2, 0) is 6.54 Å². The molecule has 0 spiro atoms. The molecule has 1 amide bonds. The van der Waals surface area contributed by atoms with Crippen LogP contribution in [0.25, 0.3) is 0 Å². The molecule has 0 atom stereocenters. The number of benzene rings is 2. The van der Waals surface area contributed by atoms with Crippen molar-refractivity contribution in [2.24, 2.45) is 0 Å². The SMILES string of the molecule is COc1ccc(Nc2ccc(C(=O)NCc3ccccc3F)nc2)cc1Cl. The van der Waals surface area contributed by atoms with Crippen LogP contribution in [0.5, 0.6) is 5.75 Å². The molecule has 2 N–H and O–H groups in total. The molecule has 0 fully saturated rings. The molecule has 138 valence electrons. The Morgan fingerprint density at radius 3 is 2.59 bits per heavy atom. The molecular weight excluding hydrogens is 369 g/mol. The van der Waals surface area contributed by atoms with E-state index in [-0.39, 0.29) is 24.0 Å². The number of methoxy groups -OCH3 is 1. The number of rotatable bonds is 6. The van der Waals surface area contributed by atoms with Crippen molar-refractivity contribution < 1.29 is 13.9 Å². The van der Waals surface area contributed by atoms with Crippen LogP contribution < -0.4 is 15.4 Å². The van der Waals surface area contributed by atoms with Crippen LogP contribution in [0.4, 0.5) is 15.8 Å². The summed E-state index contributed by atoms with van der Waals surface area (Å²) in [5.74, 6) is -0.150. The molecule has 2 aromatic carbocycles. The minimum atomic E-state index is -0.378. The predicted octanol–water partition coefficient (Wildman–Crippen LogP) is 4.56. The molecule has 7 heteroatoms. The van der Waals surface area contributed by atoms with Gasteiger partial charge in [0.25, 0.3) is 5.91 Å². The van der Waals surface area contributed by atoms with Gasteiger partial charge in [-0.2, -0.15) is 0 Å². The Kier molecular flexibility index (Phi) is 5.88. The van der Waals surface area contributed by atoms with Gasteiger partial charge >= 0.3 is 0 Å². The number of halogens is 2. The molecule has 0 saturated heterocycles. The van der Waals surface area contributed by atoms with Crippen molar-refractivity contribution in [3.63, 3.8) is 0 Å². The van der Waals surface area contributed by atoms with Gasteiger partial charge in [0.05, 0.1) is 24.0 Å². The molecule has 0 aliphatic carbocycles. The molecule has 0 aliphatic rings. The Morgan fingerprint density at radius 1 is 1.15 bits per heavy atom. The van der Waals surface area contributed by atoms with Gasteiger partial charge in [0.15, 0.2) is 0 Å². The fourth-order valence-corrected chi connectivity index (χ4v) is 2.68. The monoisotopic (exact) mass is 385 g/mol. The van der Waals surface area contributed by atoms with E-state index >= 15 is 0 Å². The Morgan fingerprint density at radius 2 is 1.93 bits per heavy atom. The predicted molar refractivity (Wildman–Crippen MR) is 103 cm³/mol. The Labute approximate surface area is 161 Å². The van der Waals surface area contributed by atoms with Crippen LogP contribution in [0.15, 0.2) is 60.8 Å². The lowest BCUT2D eigenvalue weighted by molar-refractivity contribution is 0.0945. The van der Waals surface area contributed by atoms with Crippen LogP contribution in [-0.4, -0.2) is 18.0 Å². The zero-order valence-corrected chi connectivity index (χ0v) is 15.3.